The van der Waals surface area contributed by atoms with Gasteiger partial charge in [0.05, 0.1) is 23.8 Å². The van der Waals surface area contributed by atoms with Crippen molar-refractivity contribution in [3.05, 3.63) is 59.1 Å². The van der Waals surface area contributed by atoms with E-state index in [0.717, 1.165) is 43.9 Å². The molecule has 0 aromatic heterocycles. The normalized spacial score (nSPS) is 15.1. The average Bonchev–Trinajstić information content (AvgIpc) is 2.71. The van der Waals surface area contributed by atoms with Gasteiger partial charge in [-0.2, -0.15) is 0 Å². The van der Waals surface area contributed by atoms with Crippen LogP contribution in [-0.4, -0.2) is 60.9 Å². The summed E-state index contributed by atoms with van der Waals surface area (Å²) in [5.41, 5.74) is 2.65. The molecule has 2 amide bonds. The molecule has 1 fully saturated rings. The lowest BCUT2D eigenvalue weighted by atomic mass is 10.1. The molecular formula is C22H27ClN4O2. The van der Waals surface area contributed by atoms with Gasteiger partial charge in [0.15, 0.2) is 0 Å². The third-order valence-electron chi connectivity index (χ3n) is 5.02. The predicted molar refractivity (Wildman–Crippen MR) is 117 cm³/mol. The van der Waals surface area contributed by atoms with Crippen molar-refractivity contribution in [3.63, 3.8) is 0 Å². The molecule has 0 atom stereocenters. The SMILES string of the molecule is CCc1ccccc1NC(=O)CN1CCN(CC(=O)Nc2ccccc2Cl)CC1. The lowest BCUT2D eigenvalue weighted by Gasteiger charge is -2.33. The molecule has 2 aromatic carbocycles. The van der Waals surface area contributed by atoms with E-state index in [4.69, 9.17) is 11.6 Å². The van der Waals surface area contributed by atoms with E-state index in [-0.39, 0.29) is 11.8 Å². The van der Waals surface area contributed by atoms with Crippen molar-refractivity contribution in [1.82, 2.24) is 9.80 Å². The Labute approximate surface area is 176 Å². The first-order chi connectivity index (χ1) is 14.0. The van der Waals surface area contributed by atoms with Crippen molar-refractivity contribution in [1.29, 1.82) is 0 Å². The Balaban J connectivity index is 1.41. The number of para-hydroxylation sites is 2. The second kappa shape index (κ2) is 10.4. The van der Waals surface area contributed by atoms with Gasteiger partial charge in [0.2, 0.25) is 11.8 Å². The summed E-state index contributed by atoms with van der Waals surface area (Å²) in [6.07, 6.45) is 0.880. The number of rotatable bonds is 7. The summed E-state index contributed by atoms with van der Waals surface area (Å²) >= 11 is 6.08. The Kier molecular flexibility index (Phi) is 7.63. The molecule has 1 saturated heterocycles. The highest BCUT2D eigenvalue weighted by Gasteiger charge is 2.21. The molecule has 0 unspecified atom stereocenters. The Bertz CT molecular complexity index is 850. The molecule has 0 spiro atoms. The zero-order valence-electron chi connectivity index (χ0n) is 16.7. The molecule has 1 heterocycles. The first kappa shape index (κ1) is 21.3. The van der Waals surface area contributed by atoms with Crippen LogP contribution >= 0.6 is 11.6 Å². The van der Waals surface area contributed by atoms with Crippen molar-refractivity contribution in [2.45, 2.75) is 13.3 Å². The minimum Gasteiger partial charge on any atom is -0.325 e. The van der Waals surface area contributed by atoms with E-state index in [2.05, 4.69) is 27.4 Å². The van der Waals surface area contributed by atoms with Gasteiger partial charge in [-0.05, 0) is 30.2 Å². The molecule has 0 bridgehead atoms. The van der Waals surface area contributed by atoms with Gasteiger partial charge in [0.25, 0.3) is 0 Å². The van der Waals surface area contributed by atoms with E-state index in [1.54, 1.807) is 12.1 Å². The fourth-order valence-electron chi connectivity index (χ4n) is 3.40. The molecule has 6 nitrogen and oxygen atoms in total. The van der Waals surface area contributed by atoms with Crippen LogP contribution in [0.25, 0.3) is 0 Å². The molecule has 0 aliphatic carbocycles. The molecule has 0 radical (unpaired) electrons. The van der Waals surface area contributed by atoms with E-state index in [0.29, 0.717) is 23.8 Å². The number of anilines is 2. The summed E-state index contributed by atoms with van der Waals surface area (Å²) in [4.78, 5) is 28.9. The van der Waals surface area contributed by atoms with Gasteiger partial charge in [0, 0.05) is 31.9 Å². The second-order valence-electron chi connectivity index (χ2n) is 7.14. The summed E-state index contributed by atoms with van der Waals surface area (Å²) < 4.78 is 0. The summed E-state index contributed by atoms with van der Waals surface area (Å²) in [6.45, 7) is 5.74. The van der Waals surface area contributed by atoms with Crippen molar-refractivity contribution in [2.75, 3.05) is 49.9 Å². The number of amides is 2. The van der Waals surface area contributed by atoms with Crippen LogP contribution < -0.4 is 10.6 Å². The summed E-state index contributed by atoms with van der Waals surface area (Å²) in [5.74, 6) is -0.0868. The van der Waals surface area contributed by atoms with Crippen LogP contribution in [0.15, 0.2) is 48.5 Å². The first-order valence-electron chi connectivity index (χ1n) is 9.92. The number of benzene rings is 2. The molecule has 1 aliphatic heterocycles. The van der Waals surface area contributed by atoms with Gasteiger partial charge in [-0.3, -0.25) is 19.4 Å². The minimum atomic E-state index is -0.0829. The van der Waals surface area contributed by atoms with E-state index in [9.17, 15) is 9.59 Å². The number of aryl methyl sites for hydroxylation is 1. The van der Waals surface area contributed by atoms with Crippen LogP contribution in [0, 0.1) is 0 Å². The lowest BCUT2D eigenvalue weighted by molar-refractivity contribution is -0.120. The topological polar surface area (TPSA) is 64.7 Å². The van der Waals surface area contributed by atoms with E-state index < -0.39 is 0 Å². The van der Waals surface area contributed by atoms with Crippen LogP contribution in [0.4, 0.5) is 11.4 Å². The largest absolute Gasteiger partial charge is 0.325 e. The monoisotopic (exact) mass is 414 g/mol. The summed E-state index contributed by atoms with van der Waals surface area (Å²) in [7, 11) is 0. The zero-order valence-corrected chi connectivity index (χ0v) is 17.4. The third kappa shape index (κ3) is 6.29. The minimum absolute atomic E-state index is 0.00388. The molecule has 2 N–H and O–H groups in total. The van der Waals surface area contributed by atoms with Gasteiger partial charge in [-0.25, -0.2) is 0 Å². The van der Waals surface area contributed by atoms with Gasteiger partial charge in [0.1, 0.15) is 0 Å². The smallest absolute Gasteiger partial charge is 0.238 e. The second-order valence-corrected chi connectivity index (χ2v) is 7.55. The molecule has 2 aromatic rings. The number of hydrogen-bond donors (Lipinski definition) is 2. The summed E-state index contributed by atoms with van der Waals surface area (Å²) in [6, 6.07) is 15.1. The molecule has 1 aliphatic rings. The van der Waals surface area contributed by atoms with E-state index in [1.165, 1.54) is 0 Å². The molecule has 29 heavy (non-hydrogen) atoms. The number of carbonyl (C=O) groups excluding carboxylic acids is 2. The molecule has 7 heteroatoms. The molecule has 3 rings (SSSR count). The maximum atomic E-state index is 12.4. The van der Waals surface area contributed by atoms with Crippen molar-refractivity contribution in [3.8, 4) is 0 Å². The lowest BCUT2D eigenvalue weighted by Crippen LogP contribution is -2.50. The fraction of sp³-hybridized carbons (Fsp3) is 0.364. The van der Waals surface area contributed by atoms with Crippen molar-refractivity contribution >= 4 is 34.8 Å². The van der Waals surface area contributed by atoms with Gasteiger partial charge < -0.3 is 10.6 Å². The number of halogens is 1. The molecule has 154 valence electrons. The maximum absolute atomic E-state index is 12.4. The van der Waals surface area contributed by atoms with Crippen LogP contribution in [0.1, 0.15) is 12.5 Å². The third-order valence-corrected chi connectivity index (χ3v) is 5.35. The highest BCUT2D eigenvalue weighted by molar-refractivity contribution is 6.33. The molecule has 0 saturated carbocycles. The Hall–Kier alpha value is -2.41. The van der Waals surface area contributed by atoms with Gasteiger partial charge in [-0.15, -0.1) is 0 Å². The van der Waals surface area contributed by atoms with Crippen LogP contribution in [0.3, 0.4) is 0 Å². The first-order valence-corrected chi connectivity index (χ1v) is 10.3. The average molecular weight is 415 g/mol. The fourth-order valence-corrected chi connectivity index (χ4v) is 3.59. The van der Waals surface area contributed by atoms with Crippen LogP contribution in [0.5, 0.6) is 0 Å². The highest BCUT2D eigenvalue weighted by atomic mass is 35.5. The maximum Gasteiger partial charge on any atom is 0.238 e. The highest BCUT2D eigenvalue weighted by Crippen LogP contribution is 2.20. The van der Waals surface area contributed by atoms with E-state index >= 15 is 0 Å². The zero-order chi connectivity index (χ0) is 20.6. The quantitative estimate of drug-likeness (QED) is 0.730. The molecular weight excluding hydrogens is 388 g/mol. The number of piperazine rings is 1. The predicted octanol–water partition coefficient (Wildman–Crippen LogP) is 3.10. The van der Waals surface area contributed by atoms with Gasteiger partial charge in [-0.1, -0.05) is 48.9 Å². The van der Waals surface area contributed by atoms with Crippen LogP contribution in [0.2, 0.25) is 5.02 Å². The van der Waals surface area contributed by atoms with E-state index in [1.807, 2.05) is 36.4 Å². The number of hydrogen-bond acceptors (Lipinski definition) is 4. The summed E-state index contributed by atoms with van der Waals surface area (Å²) in [5, 5.41) is 6.39. The van der Waals surface area contributed by atoms with Gasteiger partial charge >= 0.3 is 0 Å². The number of carbonyl (C=O) groups is 2. The number of nitrogens with zero attached hydrogens (tertiary/aromatic N) is 2. The van der Waals surface area contributed by atoms with Crippen molar-refractivity contribution in [2.24, 2.45) is 0 Å². The van der Waals surface area contributed by atoms with Crippen LogP contribution in [-0.2, 0) is 16.0 Å². The van der Waals surface area contributed by atoms with Crippen molar-refractivity contribution < 1.29 is 9.59 Å². The Morgan fingerprint density at radius 2 is 1.31 bits per heavy atom. The Morgan fingerprint density at radius 3 is 1.86 bits per heavy atom. The standard InChI is InChI=1S/C22H27ClN4O2/c1-2-17-7-3-5-9-19(17)24-21(28)15-26-11-13-27(14-12-26)16-22(29)25-20-10-6-4-8-18(20)23/h3-10H,2,11-16H2,1H3,(H,24,28)(H,25,29). The number of nitrogens with one attached hydrogen (secondary N) is 2. The Morgan fingerprint density at radius 1 is 0.828 bits per heavy atom.